The van der Waals surface area contributed by atoms with Crippen molar-refractivity contribution in [2.75, 3.05) is 33.0 Å². The van der Waals surface area contributed by atoms with Crippen molar-refractivity contribution in [1.29, 1.82) is 0 Å². The molecule has 5 heteroatoms. The molecule has 0 aliphatic carbocycles. The molecule has 0 aliphatic rings. The van der Waals surface area contributed by atoms with Gasteiger partial charge in [-0.15, -0.1) is 0 Å². The van der Waals surface area contributed by atoms with Crippen molar-refractivity contribution in [3.63, 3.8) is 0 Å². The maximum absolute atomic E-state index is 10.4. The van der Waals surface area contributed by atoms with Crippen LogP contribution in [-0.2, 0) is 9.47 Å². The molecule has 0 saturated carbocycles. The van der Waals surface area contributed by atoms with Crippen LogP contribution >= 0.6 is 0 Å². The maximum Gasteiger partial charge on any atom is 0.168 e. The Morgan fingerprint density at radius 1 is 1.18 bits per heavy atom. The Morgan fingerprint density at radius 3 is 2.59 bits per heavy atom. The van der Waals surface area contributed by atoms with Crippen LogP contribution in [0.25, 0.3) is 0 Å². The second kappa shape index (κ2) is 8.66. The van der Waals surface area contributed by atoms with E-state index in [-0.39, 0.29) is 0 Å². The monoisotopic (exact) mass is 239 g/mol. The van der Waals surface area contributed by atoms with Gasteiger partial charge in [0.1, 0.15) is 18.1 Å². The highest BCUT2D eigenvalue weighted by molar-refractivity contribution is 5.71. The van der Waals surface area contributed by atoms with Crippen LogP contribution in [0.1, 0.15) is 17.4 Å². The van der Waals surface area contributed by atoms with Crippen molar-refractivity contribution in [3.8, 4) is 5.75 Å². The van der Waals surface area contributed by atoms with Crippen LogP contribution in [0.15, 0.2) is 18.3 Å². The summed E-state index contributed by atoms with van der Waals surface area (Å²) in [5.41, 5.74) is 0.394. The van der Waals surface area contributed by atoms with Crippen molar-refractivity contribution in [2.24, 2.45) is 0 Å². The summed E-state index contributed by atoms with van der Waals surface area (Å²) in [6.45, 7) is 4.77. The lowest BCUT2D eigenvalue weighted by atomic mass is 10.4. The highest BCUT2D eigenvalue weighted by Gasteiger charge is 1.95. The molecule has 0 radical (unpaired) electrons. The van der Waals surface area contributed by atoms with Gasteiger partial charge in [-0.3, -0.25) is 4.79 Å². The second-order valence-corrected chi connectivity index (χ2v) is 3.19. The highest BCUT2D eigenvalue weighted by Crippen LogP contribution is 2.07. The number of rotatable bonds is 9. The van der Waals surface area contributed by atoms with E-state index in [9.17, 15) is 4.79 Å². The summed E-state index contributed by atoms with van der Waals surface area (Å²) < 4.78 is 15.8. The Bertz CT molecular complexity index is 313. The fraction of sp³-hybridized carbons (Fsp3) is 0.500. The standard InChI is InChI=1S/C12H17NO4/c1-2-15-5-6-16-7-8-17-12-4-3-11(10-14)13-9-12/h3-4,9-10H,2,5-8H2,1H3. The number of hydrogen-bond donors (Lipinski definition) is 0. The van der Waals surface area contributed by atoms with Gasteiger partial charge in [0.25, 0.3) is 0 Å². The molecular formula is C12H17NO4. The number of carbonyl (C=O) groups is 1. The minimum absolute atomic E-state index is 0.394. The van der Waals surface area contributed by atoms with Crippen molar-refractivity contribution in [3.05, 3.63) is 24.0 Å². The lowest BCUT2D eigenvalue weighted by molar-refractivity contribution is 0.0404. The lowest BCUT2D eigenvalue weighted by Gasteiger charge is -2.06. The third-order valence-corrected chi connectivity index (χ3v) is 1.95. The van der Waals surface area contributed by atoms with Crippen LogP contribution in [0.3, 0.4) is 0 Å². The van der Waals surface area contributed by atoms with E-state index in [0.29, 0.717) is 50.8 Å². The Hall–Kier alpha value is -1.46. The molecule has 1 heterocycles. The van der Waals surface area contributed by atoms with E-state index in [1.165, 1.54) is 6.20 Å². The van der Waals surface area contributed by atoms with Crippen LogP contribution in [0.4, 0.5) is 0 Å². The zero-order valence-corrected chi connectivity index (χ0v) is 9.93. The van der Waals surface area contributed by atoms with Crippen LogP contribution in [-0.4, -0.2) is 44.3 Å². The molecule has 0 amide bonds. The number of pyridine rings is 1. The Labute approximate surface area is 101 Å². The fourth-order valence-corrected chi connectivity index (χ4v) is 1.13. The predicted molar refractivity (Wildman–Crippen MR) is 62.4 cm³/mol. The van der Waals surface area contributed by atoms with Crippen molar-refractivity contribution in [2.45, 2.75) is 6.92 Å². The highest BCUT2D eigenvalue weighted by atomic mass is 16.5. The van der Waals surface area contributed by atoms with Gasteiger partial charge in [0.05, 0.1) is 26.0 Å². The van der Waals surface area contributed by atoms with Gasteiger partial charge < -0.3 is 14.2 Å². The average Bonchev–Trinajstić information content (AvgIpc) is 2.38. The molecule has 94 valence electrons. The predicted octanol–water partition coefficient (Wildman–Crippen LogP) is 1.33. The van der Waals surface area contributed by atoms with Crippen LogP contribution in [0.2, 0.25) is 0 Å². The summed E-state index contributed by atoms with van der Waals surface area (Å²) in [6, 6.07) is 3.31. The van der Waals surface area contributed by atoms with Gasteiger partial charge in [-0.1, -0.05) is 0 Å². The second-order valence-electron chi connectivity index (χ2n) is 3.19. The van der Waals surface area contributed by atoms with Crippen molar-refractivity contribution >= 4 is 6.29 Å². The summed E-state index contributed by atoms with van der Waals surface area (Å²) in [4.78, 5) is 14.3. The maximum atomic E-state index is 10.4. The van der Waals surface area contributed by atoms with Crippen LogP contribution in [0.5, 0.6) is 5.75 Å². The molecule has 1 aromatic rings. The number of aldehydes is 1. The first kappa shape index (κ1) is 13.6. The molecule has 0 unspecified atom stereocenters. The molecular weight excluding hydrogens is 222 g/mol. The van der Waals surface area contributed by atoms with E-state index in [1.54, 1.807) is 12.1 Å². The SMILES string of the molecule is CCOCCOCCOc1ccc(C=O)nc1. The van der Waals surface area contributed by atoms with Crippen molar-refractivity contribution < 1.29 is 19.0 Å². The lowest BCUT2D eigenvalue weighted by Crippen LogP contribution is -2.10. The quantitative estimate of drug-likeness (QED) is 0.480. The summed E-state index contributed by atoms with van der Waals surface area (Å²) in [5, 5.41) is 0. The van der Waals surface area contributed by atoms with Gasteiger partial charge in [-0.05, 0) is 19.1 Å². The number of nitrogens with zero attached hydrogens (tertiary/aromatic N) is 1. The first-order valence-electron chi connectivity index (χ1n) is 5.56. The molecule has 0 N–H and O–H groups in total. The Morgan fingerprint density at radius 2 is 1.94 bits per heavy atom. The minimum atomic E-state index is 0.394. The summed E-state index contributed by atoms with van der Waals surface area (Å²) in [6.07, 6.45) is 2.21. The Balaban J connectivity index is 2.07. The molecule has 0 aromatic carbocycles. The molecule has 0 aliphatic heterocycles. The topological polar surface area (TPSA) is 57.7 Å². The summed E-state index contributed by atoms with van der Waals surface area (Å²) in [7, 11) is 0. The van der Waals surface area contributed by atoms with Crippen LogP contribution in [0, 0.1) is 0 Å². The first-order valence-corrected chi connectivity index (χ1v) is 5.56. The number of aromatic nitrogens is 1. The number of carbonyl (C=O) groups excluding carboxylic acids is 1. The molecule has 1 rings (SSSR count). The third-order valence-electron chi connectivity index (χ3n) is 1.95. The Kier molecular flexibility index (Phi) is 6.93. The molecule has 0 bridgehead atoms. The largest absolute Gasteiger partial charge is 0.490 e. The van der Waals surface area contributed by atoms with Gasteiger partial charge in [0, 0.05) is 6.61 Å². The van der Waals surface area contributed by atoms with Gasteiger partial charge in [-0.25, -0.2) is 4.98 Å². The number of hydrogen-bond acceptors (Lipinski definition) is 5. The molecule has 5 nitrogen and oxygen atoms in total. The van der Waals surface area contributed by atoms with Gasteiger partial charge >= 0.3 is 0 Å². The normalized spacial score (nSPS) is 10.2. The van der Waals surface area contributed by atoms with Crippen LogP contribution < -0.4 is 4.74 Å². The summed E-state index contributed by atoms with van der Waals surface area (Å²) >= 11 is 0. The van der Waals surface area contributed by atoms with E-state index in [0.717, 1.165) is 0 Å². The van der Waals surface area contributed by atoms with Gasteiger partial charge in [-0.2, -0.15) is 0 Å². The van der Waals surface area contributed by atoms with E-state index < -0.39 is 0 Å². The summed E-state index contributed by atoms with van der Waals surface area (Å²) in [5.74, 6) is 0.629. The third kappa shape index (κ3) is 5.99. The molecule has 0 saturated heterocycles. The molecule has 0 atom stereocenters. The molecule has 17 heavy (non-hydrogen) atoms. The van der Waals surface area contributed by atoms with E-state index in [2.05, 4.69) is 4.98 Å². The van der Waals surface area contributed by atoms with E-state index in [1.807, 2.05) is 6.92 Å². The molecule has 0 fully saturated rings. The van der Waals surface area contributed by atoms with Gasteiger partial charge in [0.15, 0.2) is 6.29 Å². The van der Waals surface area contributed by atoms with E-state index in [4.69, 9.17) is 14.2 Å². The zero-order chi connectivity index (χ0) is 12.3. The van der Waals surface area contributed by atoms with E-state index >= 15 is 0 Å². The smallest absolute Gasteiger partial charge is 0.168 e. The minimum Gasteiger partial charge on any atom is -0.490 e. The average molecular weight is 239 g/mol. The first-order chi connectivity index (χ1) is 8.36. The van der Waals surface area contributed by atoms with Crippen molar-refractivity contribution in [1.82, 2.24) is 4.98 Å². The molecule has 0 spiro atoms. The zero-order valence-electron chi connectivity index (χ0n) is 9.93. The van der Waals surface area contributed by atoms with Gasteiger partial charge in [0.2, 0.25) is 0 Å². The fourth-order valence-electron chi connectivity index (χ4n) is 1.13. The number of ether oxygens (including phenoxy) is 3. The molecule has 1 aromatic heterocycles.